The number of Topliss-reactive ketones (excluding diaryl/α,β-unsaturated/α-hetero) is 1. The first-order valence-corrected chi connectivity index (χ1v) is 14.4. The summed E-state index contributed by atoms with van der Waals surface area (Å²) in [5.41, 5.74) is 0.845. The maximum atomic E-state index is 12.9. The molecular weight excluding hydrogens is 426 g/mol. The van der Waals surface area contributed by atoms with Gasteiger partial charge in [-0.1, -0.05) is 104 Å². The van der Waals surface area contributed by atoms with E-state index >= 15 is 0 Å². The maximum absolute atomic E-state index is 12.9. The topological polar surface area (TPSA) is 48.0 Å². The summed E-state index contributed by atoms with van der Waals surface area (Å²) >= 11 is 0. The standard InChI is InChI=1S/C29H53NO4/c1-4-5-6-7-8-9-10-11-12-13-14-15-16-17-20-33-27-23-26(24-30-18-21-32-22-19-30)28(31)29(34-27)25(2)3/h23,25,27,29H,4-22,24H2,1-3H3. The van der Waals surface area contributed by atoms with Crippen molar-refractivity contribution in [3.63, 3.8) is 0 Å². The Labute approximate surface area is 210 Å². The van der Waals surface area contributed by atoms with Gasteiger partial charge in [-0.2, -0.15) is 0 Å². The lowest BCUT2D eigenvalue weighted by Crippen LogP contribution is -2.44. The van der Waals surface area contributed by atoms with Gasteiger partial charge in [0.25, 0.3) is 0 Å². The van der Waals surface area contributed by atoms with Gasteiger partial charge >= 0.3 is 0 Å². The quantitative estimate of drug-likeness (QED) is 0.193. The van der Waals surface area contributed by atoms with E-state index in [-0.39, 0.29) is 11.7 Å². The summed E-state index contributed by atoms with van der Waals surface area (Å²) in [4.78, 5) is 15.2. The number of carbonyl (C=O) groups excluding carboxylic acids is 1. The third kappa shape index (κ3) is 12.3. The lowest BCUT2D eigenvalue weighted by Gasteiger charge is -2.33. The summed E-state index contributed by atoms with van der Waals surface area (Å²) < 4.78 is 17.5. The molecule has 2 aliphatic rings. The number of unbranched alkanes of at least 4 members (excludes halogenated alkanes) is 13. The Morgan fingerprint density at radius 2 is 1.41 bits per heavy atom. The maximum Gasteiger partial charge on any atom is 0.189 e. The molecule has 0 aromatic rings. The number of hydrogen-bond donors (Lipinski definition) is 0. The minimum atomic E-state index is -0.401. The summed E-state index contributed by atoms with van der Waals surface area (Å²) in [5, 5.41) is 0. The van der Waals surface area contributed by atoms with Crippen LogP contribution >= 0.6 is 0 Å². The molecule has 5 nitrogen and oxygen atoms in total. The Bertz CT molecular complexity index is 556. The molecule has 2 aliphatic heterocycles. The van der Waals surface area contributed by atoms with Gasteiger partial charge in [0.15, 0.2) is 12.1 Å². The van der Waals surface area contributed by atoms with Gasteiger partial charge in [0.2, 0.25) is 0 Å². The van der Waals surface area contributed by atoms with Crippen molar-refractivity contribution in [1.82, 2.24) is 4.90 Å². The second kappa shape index (κ2) is 18.5. The Balaban J connectivity index is 1.54. The second-order valence-electron chi connectivity index (χ2n) is 10.6. The molecule has 0 bridgehead atoms. The fraction of sp³-hybridized carbons (Fsp3) is 0.897. The van der Waals surface area contributed by atoms with Crippen LogP contribution in [0.2, 0.25) is 0 Å². The fourth-order valence-corrected chi connectivity index (χ4v) is 4.85. The third-order valence-corrected chi connectivity index (χ3v) is 7.08. The summed E-state index contributed by atoms with van der Waals surface area (Å²) in [6.45, 7) is 11.0. The third-order valence-electron chi connectivity index (χ3n) is 7.08. The molecule has 0 radical (unpaired) electrons. The molecule has 2 atom stereocenters. The predicted molar refractivity (Wildman–Crippen MR) is 140 cm³/mol. The van der Waals surface area contributed by atoms with E-state index in [1.807, 2.05) is 19.9 Å². The van der Waals surface area contributed by atoms with E-state index in [0.717, 1.165) is 38.3 Å². The van der Waals surface area contributed by atoms with Crippen molar-refractivity contribution < 1.29 is 19.0 Å². The van der Waals surface area contributed by atoms with Crippen LogP contribution in [0.25, 0.3) is 0 Å². The normalized spacial score (nSPS) is 21.9. The summed E-state index contributed by atoms with van der Waals surface area (Å²) in [5.74, 6) is 0.269. The molecule has 34 heavy (non-hydrogen) atoms. The Hall–Kier alpha value is -0.750. The molecule has 5 heteroatoms. The highest BCUT2D eigenvalue weighted by Gasteiger charge is 2.34. The van der Waals surface area contributed by atoms with Gasteiger partial charge in [-0.15, -0.1) is 0 Å². The van der Waals surface area contributed by atoms with E-state index in [0.29, 0.717) is 13.2 Å². The summed E-state index contributed by atoms with van der Waals surface area (Å²) in [6.07, 6.45) is 20.1. The molecule has 1 fully saturated rings. The second-order valence-corrected chi connectivity index (χ2v) is 10.6. The van der Waals surface area contributed by atoms with Gasteiger partial charge in [0.1, 0.15) is 6.10 Å². The van der Waals surface area contributed by atoms with E-state index in [2.05, 4.69) is 11.8 Å². The molecule has 1 saturated heterocycles. The van der Waals surface area contributed by atoms with E-state index < -0.39 is 12.4 Å². The van der Waals surface area contributed by atoms with Crippen molar-refractivity contribution in [3.8, 4) is 0 Å². The molecule has 0 saturated carbocycles. The first-order chi connectivity index (χ1) is 16.6. The van der Waals surface area contributed by atoms with Crippen molar-refractivity contribution in [2.45, 2.75) is 123 Å². The zero-order chi connectivity index (χ0) is 24.4. The highest BCUT2D eigenvalue weighted by molar-refractivity contribution is 6.00. The van der Waals surface area contributed by atoms with E-state index in [4.69, 9.17) is 14.2 Å². The van der Waals surface area contributed by atoms with Gasteiger partial charge in [0, 0.05) is 25.2 Å². The SMILES string of the molecule is CCCCCCCCCCCCCCCCOC1C=C(CN2CCOCC2)C(=O)C(C(C)C)O1. The van der Waals surface area contributed by atoms with E-state index in [9.17, 15) is 4.79 Å². The molecule has 2 heterocycles. The number of morpholine rings is 1. The van der Waals surface area contributed by atoms with Gasteiger partial charge in [-0.3, -0.25) is 9.69 Å². The van der Waals surface area contributed by atoms with Gasteiger partial charge in [-0.25, -0.2) is 0 Å². The molecule has 0 aromatic heterocycles. The molecule has 0 spiro atoms. The Morgan fingerprint density at radius 3 is 1.94 bits per heavy atom. The first-order valence-electron chi connectivity index (χ1n) is 14.4. The molecule has 0 aliphatic carbocycles. The zero-order valence-corrected chi connectivity index (χ0v) is 22.5. The first kappa shape index (κ1) is 29.5. The van der Waals surface area contributed by atoms with E-state index in [1.54, 1.807) is 0 Å². The molecule has 2 unspecified atom stereocenters. The van der Waals surface area contributed by atoms with Crippen LogP contribution in [0, 0.1) is 5.92 Å². The number of ether oxygens (including phenoxy) is 3. The molecule has 0 aromatic carbocycles. The smallest absolute Gasteiger partial charge is 0.189 e. The number of nitrogens with zero attached hydrogens (tertiary/aromatic N) is 1. The van der Waals surface area contributed by atoms with Crippen molar-refractivity contribution in [1.29, 1.82) is 0 Å². The Morgan fingerprint density at radius 1 is 0.882 bits per heavy atom. The van der Waals surface area contributed by atoms with Gasteiger partial charge in [-0.05, 0) is 18.4 Å². The van der Waals surface area contributed by atoms with Crippen LogP contribution in [0.5, 0.6) is 0 Å². The lowest BCUT2D eigenvalue weighted by molar-refractivity contribution is -0.172. The highest BCUT2D eigenvalue weighted by Crippen LogP contribution is 2.23. The van der Waals surface area contributed by atoms with Crippen molar-refractivity contribution >= 4 is 5.78 Å². The summed E-state index contributed by atoms with van der Waals surface area (Å²) in [6, 6.07) is 0. The lowest BCUT2D eigenvalue weighted by atomic mass is 9.94. The fourth-order valence-electron chi connectivity index (χ4n) is 4.85. The van der Waals surface area contributed by atoms with Crippen LogP contribution in [-0.4, -0.2) is 62.5 Å². The average Bonchev–Trinajstić information content (AvgIpc) is 2.83. The number of ketones is 1. The van der Waals surface area contributed by atoms with Crippen molar-refractivity contribution in [3.05, 3.63) is 11.6 Å². The minimum Gasteiger partial charge on any atom is -0.379 e. The highest BCUT2D eigenvalue weighted by atomic mass is 16.7. The van der Waals surface area contributed by atoms with Crippen LogP contribution in [0.3, 0.4) is 0 Å². The molecular formula is C29H53NO4. The van der Waals surface area contributed by atoms with Gasteiger partial charge in [0.05, 0.1) is 19.8 Å². The van der Waals surface area contributed by atoms with Crippen LogP contribution in [0.1, 0.15) is 111 Å². The van der Waals surface area contributed by atoms with E-state index in [1.165, 1.54) is 83.5 Å². The molecule has 0 N–H and O–H groups in total. The predicted octanol–water partition coefficient (Wildman–Crippen LogP) is 6.69. The van der Waals surface area contributed by atoms with Crippen LogP contribution < -0.4 is 0 Å². The number of rotatable bonds is 19. The van der Waals surface area contributed by atoms with Crippen LogP contribution in [0.15, 0.2) is 11.6 Å². The zero-order valence-electron chi connectivity index (χ0n) is 22.5. The largest absolute Gasteiger partial charge is 0.379 e. The summed E-state index contributed by atoms with van der Waals surface area (Å²) in [7, 11) is 0. The minimum absolute atomic E-state index is 0.123. The average molecular weight is 480 g/mol. The van der Waals surface area contributed by atoms with Crippen LogP contribution in [0.4, 0.5) is 0 Å². The molecule has 2 rings (SSSR count). The van der Waals surface area contributed by atoms with Crippen molar-refractivity contribution in [2.24, 2.45) is 5.92 Å². The molecule has 198 valence electrons. The number of hydrogen-bond acceptors (Lipinski definition) is 5. The number of carbonyl (C=O) groups is 1. The monoisotopic (exact) mass is 479 g/mol. The molecule has 0 amide bonds. The van der Waals surface area contributed by atoms with Crippen LogP contribution in [-0.2, 0) is 19.0 Å². The Kier molecular flexibility index (Phi) is 16.0. The van der Waals surface area contributed by atoms with Gasteiger partial charge < -0.3 is 14.2 Å². The van der Waals surface area contributed by atoms with Crippen molar-refractivity contribution in [2.75, 3.05) is 39.5 Å².